The van der Waals surface area contributed by atoms with Gasteiger partial charge in [0, 0.05) is 45.0 Å². The molecule has 2 aromatic rings. The molecule has 2 N–H and O–H groups in total. The summed E-state index contributed by atoms with van der Waals surface area (Å²) in [4.78, 5) is 14.0. The van der Waals surface area contributed by atoms with Crippen LogP contribution in [0, 0.1) is 0 Å². The standard InChI is InChI=1S/C24H36N6O.HI/c1-5-25-24(27-17-19-12-13-23(26-16-19)29(6-2)7-3)28-20-14-15-30(18-20)21-10-8-9-11-22(21)31-4;/h8-13,16,20H,5-7,14-15,17-18H2,1-4H3,(H2,25,27,28);1H. The second kappa shape index (κ2) is 13.3. The van der Waals surface area contributed by atoms with Crippen molar-refractivity contribution in [1.82, 2.24) is 15.6 Å². The number of guanidine groups is 1. The summed E-state index contributed by atoms with van der Waals surface area (Å²) in [5.74, 6) is 2.79. The Hall–Kier alpha value is -2.23. The van der Waals surface area contributed by atoms with Crippen LogP contribution in [0.3, 0.4) is 0 Å². The van der Waals surface area contributed by atoms with Gasteiger partial charge in [-0.15, -0.1) is 24.0 Å². The lowest BCUT2D eigenvalue weighted by Gasteiger charge is -2.22. The number of ether oxygens (including phenoxy) is 1. The van der Waals surface area contributed by atoms with Crippen LogP contribution in [-0.2, 0) is 6.54 Å². The summed E-state index contributed by atoms with van der Waals surface area (Å²) in [7, 11) is 1.73. The molecule has 0 radical (unpaired) electrons. The minimum atomic E-state index is 0. The van der Waals surface area contributed by atoms with Crippen LogP contribution in [0.15, 0.2) is 47.6 Å². The first-order chi connectivity index (χ1) is 15.2. The van der Waals surface area contributed by atoms with Crippen molar-refractivity contribution in [2.75, 3.05) is 49.6 Å². The van der Waals surface area contributed by atoms with Gasteiger partial charge in [0.05, 0.1) is 19.3 Å². The number of aliphatic imine (C=N–C) groups is 1. The maximum atomic E-state index is 5.53. The zero-order valence-electron chi connectivity index (χ0n) is 19.7. The van der Waals surface area contributed by atoms with Gasteiger partial charge >= 0.3 is 0 Å². The van der Waals surface area contributed by atoms with Crippen molar-refractivity contribution < 1.29 is 4.74 Å². The van der Waals surface area contributed by atoms with E-state index in [4.69, 9.17) is 9.73 Å². The summed E-state index contributed by atoms with van der Waals surface area (Å²) in [6, 6.07) is 12.7. The number of methoxy groups -OCH3 is 1. The van der Waals surface area contributed by atoms with Gasteiger partial charge in [-0.05, 0) is 51.0 Å². The van der Waals surface area contributed by atoms with Gasteiger partial charge in [0.15, 0.2) is 5.96 Å². The Morgan fingerprint density at radius 3 is 2.62 bits per heavy atom. The highest BCUT2D eigenvalue weighted by Crippen LogP contribution is 2.30. The van der Waals surface area contributed by atoms with Gasteiger partial charge in [-0.3, -0.25) is 0 Å². The van der Waals surface area contributed by atoms with Gasteiger partial charge < -0.3 is 25.2 Å². The number of benzene rings is 1. The Balaban J connectivity index is 0.00000363. The van der Waals surface area contributed by atoms with Gasteiger partial charge in [-0.25, -0.2) is 9.98 Å². The molecule has 32 heavy (non-hydrogen) atoms. The molecule has 2 heterocycles. The summed E-state index contributed by atoms with van der Waals surface area (Å²) in [6.45, 7) is 11.7. The molecule has 1 saturated heterocycles. The van der Waals surface area contributed by atoms with Crippen LogP contribution in [-0.4, -0.2) is 56.8 Å². The smallest absolute Gasteiger partial charge is 0.191 e. The van der Waals surface area contributed by atoms with E-state index in [0.717, 1.165) is 67.9 Å². The fraction of sp³-hybridized carbons (Fsp3) is 0.500. The highest BCUT2D eigenvalue weighted by atomic mass is 127. The first kappa shape index (κ1) is 26.0. The van der Waals surface area contributed by atoms with Crippen molar-refractivity contribution in [2.45, 2.75) is 39.8 Å². The Bertz CT molecular complexity index is 841. The number of pyridine rings is 1. The average molecular weight is 553 g/mol. The van der Waals surface area contributed by atoms with Gasteiger partial charge in [-0.2, -0.15) is 0 Å². The fourth-order valence-electron chi connectivity index (χ4n) is 3.92. The topological polar surface area (TPSA) is 65.0 Å². The number of hydrogen-bond acceptors (Lipinski definition) is 5. The largest absolute Gasteiger partial charge is 0.495 e. The van der Waals surface area contributed by atoms with E-state index < -0.39 is 0 Å². The molecule has 1 aliphatic heterocycles. The van der Waals surface area contributed by atoms with E-state index in [-0.39, 0.29) is 24.0 Å². The second-order valence-corrected chi connectivity index (χ2v) is 7.64. The molecule has 0 bridgehead atoms. The quantitative estimate of drug-likeness (QED) is 0.280. The Kier molecular flexibility index (Phi) is 10.9. The number of hydrogen-bond donors (Lipinski definition) is 2. The number of aromatic nitrogens is 1. The summed E-state index contributed by atoms with van der Waals surface area (Å²) in [5.41, 5.74) is 2.26. The van der Waals surface area contributed by atoms with Crippen molar-refractivity contribution in [2.24, 2.45) is 4.99 Å². The average Bonchev–Trinajstić information content (AvgIpc) is 3.27. The number of halogens is 1. The Morgan fingerprint density at radius 2 is 1.97 bits per heavy atom. The predicted octanol–water partition coefficient (Wildman–Crippen LogP) is 3.89. The normalized spacial score (nSPS) is 15.8. The Labute approximate surface area is 209 Å². The molecule has 3 rings (SSSR count). The summed E-state index contributed by atoms with van der Waals surface area (Å²) in [6.07, 6.45) is 2.99. The number of para-hydroxylation sites is 2. The van der Waals surface area contributed by atoms with E-state index >= 15 is 0 Å². The maximum Gasteiger partial charge on any atom is 0.191 e. The predicted molar refractivity (Wildman–Crippen MR) is 145 cm³/mol. The minimum Gasteiger partial charge on any atom is -0.495 e. The minimum absolute atomic E-state index is 0. The van der Waals surface area contributed by atoms with Gasteiger partial charge in [0.2, 0.25) is 0 Å². The molecular formula is C24H37IN6O. The first-order valence-corrected chi connectivity index (χ1v) is 11.3. The van der Waals surface area contributed by atoms with Crippen LogP contribution < -0.4 is 25.2 Å². The SMILES string of the molecule is CCNC(=NCc1ccc(N(CC)CC)nc1)NC1CCN(c2ccccc2OC)C1.I. The van der Waals surface area contributed by atoms with Crippen LogP contribution in [0.5, 0.6) is 5.75 Å². The lowest BCUT2D eigenvalue weighted by atomic mass is 10.2. The third kappa shape index (κ3) is 6.88. The molecule has 176 valence electrons. The van der Waals surface area contributed by atoms with Gasteiger partial charge in [0.25, 0.3) is 0 Å². The van der Waals surface area contributed by atoms with Crippen molar-refractivity contribution in [3.05, 3.63) is 48.2 Å². The fourth-order valence-corrected chi connectivity index (χ4v) is 3.92. The molecule has 0 aliphatic carbocycles. The molecule has 0 spiro atoms. The lowest BCUT2D eigenvalue weighted by Crippen LogP contribution is -2.44. The van der Waals surface area contributed by atoms with Crippen LogP contribution in [0.4, 0.5) is 11.5 Å². The number of anilines is 2. The number of nitrogens with zero attached hydrogens (tertiary/aromatic N) is 4. The van der Waals surface area contributed by atoms with Crippen LogP contribution in [0.25, 0.3) is 0 Å². The molecule has 1 fully saturated rings. The van der Waals surface area contributed by atoms with E-state index in [2.05, 4.69) is 70.5 Å². The van der Waals surface area contributed by atoms with Crippen molar-refractivity contribution in [3.8, 4) is 5.75 Å². The van der Waals surface area contributed by atoms with E-state index in [1.807, 2.05) is 18.3 Å². The third-order valence-electron chi connectivity index (χ3n) is 5.62. The van der Waals surface area contributed by atoms with E-state index in [9.17, 15) is 0 Å². The lowest BCUT2D eigenvalue weighted by molar-refractivity contribution is 0.415. The molecular weight excluding hydrogens is 515 g/mol. The van der Waals surface area contributed by atoms with E-state index in [0.29, 0.717) is 12.6 Å². The molecule has 7 nitrogen and oxygen atoms in total. The molecule has 8 heteroatoms. The maximum absolute atomic E-state index is 5.53. The molecule has 0 amide bonds. The monoisotopic (exact) mass is 552 g/mol. The Morgan fingerprint density at radius 1 is 1.19 bits per heavy atom. The highest BCUT2D eigenvalue weighted by Gasteiger charge is 2.25. The van der Waals surface area contributed by atoms with E-state index in [1.54, 1.807) is 7.11 Å². The van der Waals surface area contributed by atoms with Crippen molar-refractivity contribution >= 4 is 41.4 Å². The molecule has 0 saturated carbocycles. The van der Waals surface area contributed by atoms with E-state index in [1.165, 1.54) is 0 Å². The summed E-state index contributed by atoms with van der Waals surface area (Å²) in [5, 5.41) is 6.97. The molecule has 1 aromatic carbocycles. The highest BCUT2D eigenvalue weighted by molar-refractivity contribution is 14.0. The van der Waals surface area contributed by atoms with Crippen LogP contribution in [0.2, 0.25) is 0 Å². The van der Waals surface area contributed by atoms with Crippen molar-refractivity contribution in [3.63, 3.8) is 0 Å². The van der Waals surface area contributed by atoms with Crippen LogP contribution in [0.1, 0.15) is 32.8 Å². The molecule has 1 atom stereocenters. The summed E-state index contributed by atoms with van der Waals surface area (Å²) >= 11 is 0. The zero-order chi connectivity index (χ0) is 22.1. The zero-order valence-corrected chi connectivity index (χ0v) is 22.0. The molecule has 1 unspecified atom stereocenters. The van der Waals surface area contributed by atoms with Crippen LogP contribution >= 0.6 is 24.0 Å². The number of rotatable bonds is 9. The third-order valence-corrected chi connectivity index (χ3v) is 5.62. The van der Waals surface area contributed by atoms with Crippen molar-refractivity contribution in [1.29, 1.82) is 0 Å². The van der Waals surface area contributed by atoms with Gasteiger partial charge in [0.1, 0.15) is 11.6 Å². The molecule has 1 aliphatic rings. The second-order valence-electron chi connectivity index (χ2n) is 7.64. The molecule has 1 aromatic heterocycles. The summed E-state index contributed by atoms with van der Waals surface area (Å²) < 4.78 is 5.53. The van der Waals surface area contributed by atoms with Gasteiger partial charge in [-0.1, -0.05) is 18.2 Å². The number of nitrogens with one attached hydrogen (secondary N) is 2. The first-order valence-electron chi connectivity index (χ1n) is 11.3.